The summed E-state index contributed by atoms with van der Waals surface area (Å²) in [5, 5.41) is 0. The third-order valence-electron chi connectivity index (χ3n) is 4.15. The molecule has 4 heteroatoms. The van der Waals surface area contributed by atoms with E-state index in [1.807, 2.05) is 85.7 Å². The van der Waals surface area contributed by atoms with Crippen molar-refractivity contribution >= 4 is 17.3 Å². The molecule has 1 atom stereocenters. The lowest BCUT2D eigenvalue weighted by Gasteiger charge is -2.33. The first-order valence-corrected chi connectivity index (χ1v) is 8.68. The highest BCUT2D eigenvalue weighted by atomic mass is 16.5. The van der Waals surface area contributed by atoms with Gasteiger partial charge in [-0.05, 0) is 32.7 Å². The van der Waals surface area contributed by atoms with Crippen LogP contribution in [0, 0.1) is 0 Å². The van der Waals surface area contributed by atoms with Crippen molar-refractivity contribution in [3.63, 3.8) is 0 Å². The Balaban J connectivity index is 2.17. The number of likely N-dealkylation sites (N-methyl/N-ethyl adjacent to an activating group) is 1. The van der Waals surface area contributed by atoms with Crippen LogP contribution in [-0.4, -0.2) is 37.8 Å². The number of ether oxygens (including phenoxy) is 2. The SMILES string of the molecule is CCOC(=O)C1=C(c2ccccc2)O[C@@H](N(C)C)C(c2ccccc2)=C1. The average molecular weight is 349 g/mol. The van der Waals surface area contributed by atoms with Gasteiger partial charge in [-0.2, -0.15) is 0 Å². The van der Waals surface area contributed by atoms with Crippen LogP contribution in [0.5, 0.6) is 0 Å². The Morgan fingerprint density at radius 3 is 2.12 bits per heavy atom. The van der Waals surface area contributed by atoms with Crippen LogP contribution in [0.2, 0.25) is 0 Å². The molecule has 0 spiro atoms. The zero-order valence-corrected chi connectivity index (χ0v) is 15.3. The van der Waals surface area contributed by atoms with Crippen LogP contribution in [0.1, 0.15) is 18.1 Å². The van der Waals surface area contributed by atoms with Gasteiger partial charge in [0.25, 0.3) is 0 Å². The lowest BCUT2D eigenvalue weighted by Crippen LogP contribution is -2.34. The fraction of sp³-hybridized carbons (Fsp3) is 0.227. The highest BCUT2D eigenvalue weighted by Gasteiger charge is 2.31. The molecule has 1 heterocycles. The van der Waals surface area contributed by atoms with Crippen molar-refractivity contribution in [2.45, 2.75) is 13.2 Å². The minimum absolute atomic E-state index is 0.300. The van der Waals surface area contributed by atoms with E-state index in [2.05, 4.69) is 0 Å². The summed E-state index contributed by atoms with van der Waals surface area (Å²) in [6, 6.07) is 19.6. The molecule has 2 aromatic rings. The second-order valence-electron chi connectivity index (χ2n) is 6.23. The van der Waals surface area contributed by atoms with E-state index in [-0.39, 0.29) is 12.2 Å². The van der Waals surface area contributed by atoms with Crippen molar-refractivity contribution in [1.82, 2.24) is 4.90 Å². The molecule has 0 N–H and O–H groups in total. The third kappa shape index (κ3) is 3.70. The first kappa shape index (κ1) is 18.0. The summed E-state index contributed by atoms with van der Waals surface area (Å²) in [5.74, 6) is 0.166. The van der Waals surface area contributed by atoms with Gasteiger partial charge in [-0.25, -0.2) is 4.79 Å². The number of esters is 1. The third-order valence-corrected chi connectivity index (χ3v) is 4.15. The van der Waals surface area contributed by atoms with Gasteiger partial charge in [-0.3, -0.25) is 4.90 Å². The Hall–Kier alpha value is -2.85. The van der Waals surface area contributed by atoms with Gasteiger partial charge in [-0.15, -0.1) is 0 Å². The summed E-state index contributed by atoms with van der Waals surface area (Å²) >= 11 is 0. The fourth-order valence-electron chi connectivity index (χ4n) is 2.94. The molecule has 3 rings (SSSR count). The summed E-state index contributed by atoms with van der Waals surface area (Å²) in [6.45, 7) is 2.12. The molecule has 134 valence electrons. The normalized spacial score (nSPS) is 16.9. The standard InChI is InChI=1S/C22H23NO3/c1-4-25-22(24)19-15-18(16-11-7-5-8-12-16)21(23(2)3)26-20(19)17-13-9-6-10-14-17/h5-15,21H,4H2,1-3H3/t21-/m1/s1. The van der Waals surface area contributed by atoms with Crippen molar-refractivity contribution in [3.05, 3.63) is 83.4 Å². The minimum atomic E-state index is -0.378. The lowest BCUT2D eigenvalue weighted by molar-refractivity contribution is -0.138. The number of carbonyl (C=O) groups is 1. The molecule has 0 radical (unpaired) electrons. The monoisotopic (exact) mass is 349 g/mol. The number of hydrogen-bond donors (Lipinski definition) is 0. The van der Waals surface area contributed by atoms with E-state index in [9.17, 15) is 4.79 Å². The second-order valence-corrected chi connectivity index (χ2v) is 6.23. The van der Waals surface area contributed by atoms with Crippen molar-refractivity contribution in [3.8, 4) is 0 Å². The predicted molar refractivity (Wildman–Crippen MR) is 103 cm³/mol. The van der Waals surface area contributed by atoms with Crippen LogP contribution in [0.25, 0.3) is 11.3 Å². The van der Waals surface area contributed by atoms with Crippen LogP contribution in [0.3, 0.4) is 0 Å². The Kier molecular flexibility index (Phi) is 5.54. The molecule has 0 aliphatic carbocycles. The zero-order chi connectivity index (χ0) is 18.5. The second kappa shape index (κ2) is 8.02. The van der Waals surface area contributed by atoms with Crippen molar-refractivity contribution in [1.29, 1.82) is 0 Å². The van der Waals surface area contributed by atoms with Crippen molar-refractivity contribution in [2.24, 2.45) is 0 Å². The maximum Gasteiger partial charge on any atom is 0.341 e. The highest BCUT2D eigenvalue weighted by Crippen LogP contribution is 2.36. The summed E-state index contributed by atoms with van der Waals surface area (Å²) in [4.78, 5) is 14.6. The van der Waals surface area contributed by atoms with E-state index in [1.54, 1.807) is 6.92 Å². The van der Waals surface area contributed by atoms with E-state index in [4.69, 9.17) is 9.47 Å². The molecule has 0 unspecified atom stereocenters. The van der Waals surface area contributed by atoms with Gasteiger partial charge < -0.3 is 9.47 Å². The molecule has 1 aliphatic heterocycles. The molecule has 4 nitrogen and oxygen atoms in total. The van der Waals surface area contributed by atoms with Gasteiger partial charge in [0.2, 0.25) is 0 Å². The molecule has 0 bridgehead atoms. The van der Waals surface area contributed by atoms with Crippen LogP contribution < -0.4 is 0 Å². The Morgan fingerprint density at radius 2 is 1.58 bits per heavy atom. The maximum atomic E-state index is 12.6. The molecule has 2 aromatic carbocycles. The van der Waals surface area contributed by atoms with Crippen LogP contribution in [-0.2, 0) is 14.3 Å². The maximum absolute atomic E-state index is 12.6. The van der Waals surface area contributed by atoms with Gasteiger partial charge in [0.15, 0.2) is 6.23 Å². The van der Waals surface area contributed by atoms with Gasteiger partial charge in [0.1, 0.15) is 11.3 Å². The average Bonchev–Trinajstić information content (AvgIpc) is 2.68. The largest absolute Gasteiger partial charge is 0.469 e. The minimum Gasteiger partial charge on any atom is -0.469 e. The number of hydrogen-bond acceptors (Lipinski definition) is 4. The number of rotatable bonds is 5. The van der Waals surface area contributed by atoms with E-state index in [1.165, 1.54) is 0 Å². The first-order valence-electron chi connectivity index (χ1n) is 8.68. The van der Waals surface area contributed by atoms with Crippen LogP contribution in [0.4, 0.5) is 0 Å². The number of carbonyl (C=O) groups excluding carboxylic acids is 1. The predicted octanol–water partition coefficient (Wildman–Crippen LogP) is 3.96. The summed E-state index contributed by atoms with van der Waals surface area (Å²) in [7, 11) is 3.92. The Labute approximate surface area is 154 Å². The molecule has 0 saturated carbocycles. The molecule has 1 aliphatic rings. The lowest BCUT2D eigenvalue weighted by atomic mass is 9.96. The fourth-order valence-corrected chi connectivity index (χ4v) is 2.94. The summed E-state index contributed by atoms with van der Waals surface area (Å²) < 4.78 is 11.6. The van der Waals surface area contributed by atoms with E-state index in [0.29, 0.717) is 17.9 Å². The van der Waals surface area contributed by atoms with Crippen LogP contribution >= 0.6 is 0 Å². The molecule has 0 fully saturated rings. The molecule has 26 heavy (non-hydrogen) atoms. The van der Waals surface area contributed by atoms with Gasteiger partial charge >= 0.3 is 5.97 Å². The molecule has 0 saturated heterocycles. The molecular formula is C22H23NO3. The van der Waals surface area contributed by atoms with Crippen molar-refractivity contribution in [2.75, 3.05) is 20.7 Å². The molecule has 0 aromatic heterocycles. The van der Waals surface area contributed by atoms with Crippen LogP contribution in [0.15, 0.2) is 72.3 Å². The quantitative estimate of drug-likeness (QED) is 0.766. The van der Waals surface area contributed by atoms with E-state index < -0.39 is 0 Å². The smallest absolute Gasteiger partial charge is 0.341 e. The summed E-state index contributed by atoms with van der Waals surface area (Å²) in [5.41, 5.74) is 3.24. The van der Waals surface area contributed by atoms with Gasteiger partial charge in [0, 0.05) is 11.1 Å². The number of nitrogens with zero attached hydrogens (tertiary/aromatic N) is 1. The van der Waals surface area contributed by atoms with Crippen molar-refractivity contribution < 1.29 is 14.3 Å². The topological polar surface area (TPSA) is 38.8 Å². The van der Waals surface area contributed by atoms with E-state index >= 15 is 0 Å². The van der Waals surface area contributed by atoms with Gasteiger partial charge in [-0.1, -0.05) is 60.7 Å². The zero-order valence-electron chi connectivity index (χ0n) is 15.3. The molecular weight excluding hydrogens is 326 g/mol. The van der Waals surface area contributed by atoms with Gasteiger partial charge in [0.05, 0.1) is 6.61 Å². The highest BCUT2D eigenvalue weighted by molar-refractivity contribution is 6.02. The Morgan fingerprint density at radius 1 is 1.00 bits per heavy atom. The molecule has 0 amide bonds. The summed E-state index contributed by atoms with van der Waals surface area (Å²) in [6.07, 6.45) is 1.59. The first-order chi connectivity index (χ1) is 12.6. The number of benzene rings is 2. The van der Waals surface area contributed by atoms with E-state index in [0.717, 1.165) is 16.7 Å². The Bertz CT molecular complexity index is 823.